The summed E-state index contributed by atoms with van der Waals surface area (Å²) in [5.74, 6) is -0.318. The second kappa shape index (κ2) is 7.95. The number of nitro groups is 1. The minimum Gasteiger partial charge on any atom is -0.487 e. The van der Waals surface area contributed by atoms with E-state index in [1.807, 2.05) is 6.92 Å². The van der Waals surface area contributed by atoms with Gasteiger partial charge < -0.3 is 20.5 Å². The smallest absolute Gasteiger partial charge is 0.329 e. The van der Waals surface area contributed by atoms with Gasteiger partial charge >= 0.3 is 5.69 Å². The first-order chi connectivity index (χ1) is 11.0. The Morgan fingerprint density at radius 2 is 2.48 bits per heavy atom. The number of nitrogens with zero attached hydrogens (tertiary/aromatic N) is 2. The average molecular weight is 324 g/mol. The van der Waals surface area contributed by atoms with Gasteiger partial charge in [0, 0.05) is 25.2 Å². The Morgan fingerprint density at radius 3 is 3.09 bits per heavy atom. The molecule has 1 aliphatic heterocycles. The number of morpholine rings is 1. The molecule has 2 heterocycles. The van der Waals surface area contributed by atoms with Gasteiger partial charge in [0.1, 0.15) is 18.0 Å². The maximum Gasteiger partial charge on any atom is 0.329 e. The quantitative estimate of drug-likeness (QED) is 0.415. The molecule has 9 nitrogen and oxygen atoms in total. The zero-order valence-electron chi connectivity index (χ0n) is 12.9. The van der Waals surface area contributed by atoms with Gasteiger partial charge in [0.05, 0.1) is 18.1 Å². The third kappa shape index (κ3) is 4.68. The summed E-state index contributed by atoms with van der Waals surface area (Å²) in [4.78, 5) is 26.7. The molecule has 23 heavy (non-hydrogen) atoms. The second-order valence-electron chi connectivity index (χ2n) is 5.34. The molecule has 2 rings (SSSR count). The van der Waals surface area contributed by atoms with E-state index in [1.165, 1.54) is 6.07 Å². The number of rotatable bonds is 7. The van der Waals surface area contributed by atoms with Gasteiger partial charge in [-0.15, -0.1) is 0 Å². The minimum atomic E-state index is -0.644. The van der Waals surface area contributed by atoms with Crippen LogP contribution in [0, 0.1) is 10.1 Å². The molecule has 0 amide bonds. The van der Waals surface area contributed by atoms with Crippen LogP contribution in [0.4, 0.5) is 5.69 Å². The van der Waals surface area contributed by atoms with Gasteiger partial charge in [-0.2, -0.15) is 0 Å². The summed E-state index contributed by atoms with van der Waals surface area (Å²) in [6.45, 7) is 3.53. The van der Waals surface area contributed by atoms with Crippen LogP contribution in [-0.4, -0.2) is 54.1 Å². The normalized spacial score (nSPS) is 19.1. The summed E-state index contributed by atoms with van der Waals surface area (Å²) in [6, 6.07) is 1.21. The van der Waals surface area contributed by atoms with Crippen molar-refractivity contribution < 1.29 is 19.2 Å². The molecule has 1 aromatic heterocycles. The van der Waals surface area contributed by atoms with Crippen molar-refractivity contribution in [2.45, 2.75) is 25.5 Å². The SMILES string of the molecule is CC(N)CCOc1cc(C(=O)C2CNCCO2)ncc1[N+](=O)[O-]. The Balaban J connectivity index is 2.17. The van der Waals surface area contributed by atoms with E-state index < -0.39 is 11.0 Å². The second-order valence-corrected chi connectivity index (χ2v) is 5.34. The van der Waals surface area contributed by atoms with Crippen molar-refractivity contribution in [3.63, 3.8) is 0 Å². The summed E-state index contributed by atoms with van der Waals surface area (Å²) in [5, 5.41) is 14.1. The van der Waals surface area contributed by atoms with Crippen LogP contribution < -0.4 is 15.8 Å². The Labute approximate surface area is 133 Å². The van der Waals surface area contributed by atoms with Crippen LogP contribution in [0.2, 0.25) is 0 Å². The number of carbonyl (C=O) groups is 1. The number of aromatic nitrogens is 1. The molecule has 2 unspecified atom stereocenters. The fourth-order valence-corrected chi connectivity index (χ4v) is 2.07. The Kier molecular flexibility index (Phi) is 5.97. The van der Waals surface area contributed by atoms with E-state index in [1.54, 1.807) is 0 Å². The first kappa shape index (κ1) is 17.3. The zero-order chi connectivity index (χ0) is 16.8. The molecule has 3 N–H and O–H groups in total. The zero-order valence-corrected chi connectivity index (χ0v) is 12.9. The van der Waals surface area contributed by atoms with Gasteiger partial charge in [0.2, 0.25) is 11.5 Å². The molecule has 9 heteroatoms. The Morgan fingerprint density at radius 1 is 1.70 bits per heavy atom. The summed E-state index contributed by atoms with van der Waals surface area (Å²) in [6.07, 6.45) is 0.929. The highest BCUT2D eigenvalue weighted by Crippen LogP contribution is 2.27. The molecule has 0 aromatic carbocycles. The van der Waals surface area contributed by atoms with Gasteiger partial charge in [0.25, 0.3) is 0 Å². The van der Waals surface area contributed by atoms with Crippen molar-refractivity contribution in [2.24, 2.45) is 5.73 Å². The van der Waals surface area contributed by atoms with Crippen LogP contribution >= 0.6 is 0 Å². The number of carbonyl (C=O) groups excluding carboxylic acids is 1. The van der Waals surface area contributed by atoms with Crippen molar-refractivity contribution in [3.05, 3.63) is 28.1 Å². The van der Waals surface area contributed by atoms with Gasteiger partial charge in [-0.25, -0.2) is 4.98 Å². The van der Waals surface area contributed by atoms with E-state index in [4.69, 9.17) is 15.2 Å². The fourth-order valence-electron chi connectivity index (χ4n) is 2.07. The molecule has 0 saturated carbocycles. The highest BCUT2D eigenvalue weighted by atomic mass is 16.6. The largest absolute Gasteiger partial charge is 0.487 e. The van der Waals surface area contributed by atoms with Gasteiger partial charge in [-0.3, -0.25) is 14.9 Å². The number of nitrogens with two attached hydrogens (primary N) is 1. The molecular weight excluding hydrogens is 304 g/mol. The summed E-state index contributed by atoms with van der Waals surface area (Å²) in [7, 11) is 0. The van der Waals surface area contributed by atoms with Crippen LogP contribution in [0.3, 0.4) is 0 Å². The lowest BCUT2D eigenvalue weighted by Crippen LogP contribution is -2.43. The number of hydrogen-bond donors (Lipinski definition) is 2. The van der Waals surface area contributed by atoms with Crippen molar-refractivity contribution in [1.82, 2.24) is 10.3 Å². The van der Waals surface area contributed by atoms with Gasteiger partial charge in [-0.1, -0.05) is 0 Å². The fraction of sp³-hybridized carbons (Fsp3) is 0.571. The third-order valence-corrected chi connectivity index (χ3v) is 3.35. The molecule has 1 saturated heterocycles. The van der Waals surface area contributed by atoms with Crippen LogP contribution in [0.25, 0.3) is 0 Å². The average Bonchev–Trinajstić information content (AvgIpc) is 2.54. The number of pyridine rings is 1. The molecule has 1 aliphatic rings. The van der Waals surface area contributed by atoms with E-state index >= 15 is 0 Å². The van der Waals surface area contributed by atoms with Crippen LogP contribution in [0.1, 0.15) is 23.8 Å². The topological polar surface area (TPSA) is 130 Å². The van der Waals surface area contributed by atoms with Gasteiger partial charge in [0.15, 0.2) is 0 Å². The van der Waals surface area contributed by atoms with Crippen molar-refractivity contribution in [1.29, 1.82) is 0 Å². The first-order valence-electron chi connectivity index (χ1n) is 7.38. The van der Waals surface area contributed by atoms with E-state index in [0.29, 0.717) is 26.1 Å². The molecule has 126 valence electrons. The standard InChI is InChI=1S/C14H20N4O5/c1-9(15)2-4-22-12-6-10(17-7-11(12)18(20)21)14(19)13-8-16-3-5-23-13/h6-7,9,13,16H,2-5,8,15H2,1H3. The number of ketones is 1. The lowest BCUT2D eigenvalue weighted by atomic mass is 10.1. The number of ether oxygens (including phenoxy) is 2. The molecule has 0 bridgehead atoms. The summed E-state index contributed by atoms with van der Waals surface area (Å²) < 4.78 is 10.8. The molecule has 0 aliphatic carbocycles. The first-order valence-corrected chi connectivity index (χ1v) is 7.38. The maximum atomic E-state index is 12.3. The highest BCUT2D eigenvalue weighted by molar-refractivity contribution is 5.98. The predicted molar refractivity (Wildman–Crippen MR) is 81.6 cm³/mol. The molecule has 1 fully saturated rings. The van der Waals surface area contributed by atoms with Crippen LogP contribution in [0.5, 0.6) is 5.75 Å². The van der Waals surface area contributed by atoms with Crippen molar-refractivity contribution >= 4 is 11.5 Å². The van der Waals surface area contributed by atoms with E-state index in [0.717, 1.165) is 6.20 Å². The summed E-state index contributed by atoms with van der Waals surface area (Å²) >= 11 is 0. The predicted octanol–water partition coefficient (Wildman–Crippen LogP) is 0.277. The number of Topliss-reactive ketones (excluding diaryl/α,β-unsaturated/α-hetero) is 1. The van der Waals surface area contributed by atoms with Crippen LogP contribution in [-0.2, 0) is 4.74 Å². The van der Waals surface area contributed by atoms with E-state index in [2.05, 4.69) is 10.3 Å². The monoisotopic (exact) mass is 324 g/mol. The highest BCUT2D eigenvalue weighted by Gasteiger charge is 2.27. The molecule has 1 aromatic rings. The minimum absolute atomic E-state index is 0.0118. The molecule has 0 radical (unpaired) electrons. The van der Waals surface area contributed by atoms with E-state index in [9.17, 15) is 14.9 Å². The third-order valence-electron chi connectivity index (χ3n) is 3.35. The van der Waals surface area contributed by atoms with E-state index in [-0.39, 0.29) is 35.6 Å². The molecular formula is C14H20N4O5. The lowest BCUT2D eigenvalue weighted by molar-refractivity contribution is -0.386. The van der Waals surface area contributed by atoms with Gasteiger partial charge in [-0.05, 0) is 13.3 Å². The lowest BCUT2D eigenvalue weighted by Gasteiger charge is -2.22. The molecule has 0 spiro atoms. The number of nitrogens with one attached hydrogen (secondary N) is 1. The number of hydrogen-bond acceptors (Lipinski definition) is 8. The summed E-state index contributed by atoms with van der Waals surface area (Å²) in [5.41, 5.74) is 5.43. The Hall–Kier alpha value is -2.10. The Bertz CT molecular complexity index is 572. The van der Waals surface area contributed by atoms with Crippen molar-refractivity contribution in [2.75, 3.05) is 26.3 Å². The maximum absolute atomic E-state index is 12.3. The van der Waals surface area contributed by atoms with Crippen LogP contribution in [0.15, 0.2) is 12.3 Å². The molecule has 2 atom stereocenters. The van der Waals surface area contributed by atoms with Crippen molar-refractivity contribution in [3.8, 4) is 5.75 Å².